The van der Waals surface area contributed by atoms with E-state index >= 15 is 0 Å². The minimum absolute atomic E-state index is 0.189. The highest BCUT2D eigenvalue weighted by Crippen LogP contribution is 2.13. The van der Waals surface area contributed by atoms with Crippen LogP contribution in [0.3, 0.4) is 0 Å². The molecule has 0 aliphatic carbocycles. The van der Waals surface area contributed by atoms with E-state index in [9.17, 15) is 24.0 Å². The topological polar surface area (TPSA) is 140 Å². The number of carbonyl (C=O) groups excluding carboxylic acids is 5. The summed E-state index contributed by atoms with van der Waals surface area (Å²) < 4.78 is 10.7. The Hall–Kier alpha value is -3.73. The van der Waals surface area contributed by atoms with Gasteiger partial charge in [-0.05, 0) is 48.9 Å². The number of nitrogens with one attached hydrogen (secondary N) is 3. The number of benzene rings is 2. The van der Waals surface area contributed by atoms with E-state index in [0.29, 0.717) is 23.4 Å². The van der Waals surface area contributed by atoms with Gasteiger partial charge in [0.15, 0.2) is 6.61 Å². The number of amides is 3. The van der Waals surface area contributed by atoms with Crippen molar-refractivity contribution in [3.05, 3.63) is 64.1 Å². The molecule has 0 aliphatic heterocycles. The Kier molecular flexibility index (Phi) is 11.4. The maximum absolute atomic E-state index is 12.1. The molecule has 0 bridgehead atoms. The monoisotopic (exact) mass is 547 g/mol. The molecule has 0 atom stereocenters. The maximum Gasteiger partial charge on any atom is 0.338 e. The van der Waals surface area contributed by atoms with Gasteiger partial charge in [0.1, 0.15) is 0 Å². The molecule has 3 amide bonds. The summed E-state index contributed by atoms with van der Waals surface area (Å²) in [7, 11) is 0. The van der Waals surface area contributed by atoms with Crippen LogP contribution in [0.4, 0.5) is 5.69 Å². The Bertz CT molecular complexity index is 1060. The number of rotatable bonds is 11. The summed E-state index contributed by atoms with van der Waals surface area (Å²) in [6, 6.07) is 12.7. The molecule has 2 rings (SSSR count). The highest BCUT2D eigenvalue weighted by molar-refractivity contribution is 9.10. The van der Waals surface area contributed by atoms with Crippen LogP contribution in [0.25, 0.3) is 0 Å². The summed E-state index contributed by atoms with van der Waals surface area (Å²) >= 11 is 3.25. The van der Waals surface area contributed by atoms with Crippen LogP contribution in [0.5, 0.6) is 0 Å². The molecule has 0 spiro atoms. The van der Waals surface area contributed by atoms with Gasteiger partial charge in [0, 0.05) is 22.1 Å². The zero-order chi connectivity index (χ0) is 25.6. The Morgan fingerprint density at radius 1 is 0.857 bits per heavy atom. The van der Waals surface area contributed by atoms with E-state index in [1.165, 1.54) is 6.07 Å². The van der Waals surface area contributed by atoms with Crippen molar-refractivity contribution in [3.8, 4) is 0 Å². The van der Waals surface area contributed by atoms with Crippen molar-refractivity contribution in [2.45, 2.75) is 32.6 Å². The van der Waals surface area contributed by atoms with Crippen LogP contribution in [0.1, 0.15) is 53.3 Å². The van der Waals surface area contributed by atoms with E-state index in [2.05, 4.69) is 32.1 Å². The van der Waals surface area contributed by atoms with Gasteiger partial charge in [-0.2, -0.15) is 0 Å². The number of carbonyl (C=O) groups is 5. The van der Waals surface area contributed by atoms with Crippen molar-refractivity contribution in [3.63, 3.8) is 0 Å². The maximum atomic E-state index is 12.1. The first kappa shape index (κ1) is 27.5. The van der Waals surface area contributed by atoms with Crippen LogP contribution >= 0.6 is 15.9 Å². The fraction of sp³-hybridized carbons (Fsp3) is 0.292. The normalized spacial score (nSPS) is 10.1. The minimum Gasteiger partial charge on any atom is -0.462 e. The fourth-order valence-electron chi connectivity index (χ4n) is 2.61. The van der Waals surface area contributed by atoms with Crippen molar-refractivity contribution in [1.82, 2.24) is 10.9 Å². The summed E-state index contributed by atoms with van der Waals surface area (Å²) in [6.45, 7) is 1.69. The fourth-order valence-corrected chi connectivity index (χ4v) is 2.87. The molecule has 0 unspecified atom stereocenters. The van der Waals surface area contributed by atoms with Gasteiger partial charge in [0.05, 0.1) is 18.6 Å². The third kappa shape index (κ3) is 10.4. The molecule has 0 saturated carbocycles. The Balaban J connectivity index is 1.67. The van der Waals surface area contributed by atoms with E-state index in [-0.39, 0.29) is 12.8 Å². The number of halogens is 1. The number of ether oxygens (including phenoxy) is 2. The molecule has 2 aromatic carbocycles. The van der Waals surface area contributed by atoms with Crippen molar-refractivity contribution >= 4 is 51.3 Å². The third-order valence-electron chi connectivity index (χ3n) is 4.46. The van der Waals surface area contributed by atoms with Gasteiger partial charge >= 0.3 is 11.9 Å². The molecule has 0 fully saturated rings. The molecule has 0 aliphatic rings. The first-order valence-electron chi connectivity index (χ1n) is 10.9. The summed E-state index contributed by atoms with van der Waals surface area (Å²) in [5.41, 5.74) is 5.35. The highest BCUT2D eigenvalue weighted by Gasteiger charge is 2.13. The summed E-state index contributed by atoms with van der Waals surface area (Å²) in [5, 5.41) is 2.59. The number of hydrogen-bond acceptors (Lipinski definition) is 7. The lowest BCUT2D eigenvalue weighted by molar-refractivity contribution is -0.149. The van der Waals surface area contributed by atoms with Crippen LogP contribution in [-0.2, 0) is 23.9 Å². The second kappa shape index (κ2) is 14.5. The lowest BCUT2D eigenvalue weighted by Gasteiger charge is -2.09. The molecule has 0 radical (unpaired) electrons. The van der Waals surface area contributed by atoms with Gasteiger partial charge < -0.3 is 14.8 Å². The standard InChI is InChI=1S/C24H26BrN3O7/c1-2-3-13-34-24(33)17-5-4-6-19(14-17)26-20(29)11-12-22(31)35-15-21(30)27-28-23(32)16-7-9-18(25)10-8-16/h4-10,14H,2-3,11-13,15H2,1H3,(H,26,29)(H,27,30)(H,28,32). The Morgan fingerprint density at radius 3 is 2.31 bits per heavy atom. The van der Waals surface area contributed by atoms with E-state index in [1.54, 1.807) is 42.5 Å². The predicted octanol–water partition coefficient (Wildman–Crippen LogP) is 3.13. The van der Waals surface area contributed by atoms with Gasteiger partial charge in [0.2, 0.25) is 5.91 Å². The molecular formula is C24H26BrN3O7. The van der Waals surface area contributed by atoms with Gasteiger partial charge in [0.25, 0.3) is 11.8 Å². The molecule has 0 heterocycles. The van der Waals surface area contributed by atoms with Gasteiger partial charge in [-0.1, -0.05) is 35.3 Å². The van der Waals surface area contributed by atoms with Crippen molar-refractivity contribution in [2.24, 2.45) is 0 Å². The first-order chi connectivity index (χ1) is 16.8. The molecule has 3 N–H and O–H groups in total. The predicted molar refractivity (Wildman–Crippen MR) is 130 cm³/mol. The Morgan fingerprint density at radius 2 is 1.60 bits per heavy atom. The zero-order valence-corrected chi connectivity index (χ0v) is 20.7. The van der Waals surface area contributed by atoms with Gasteiger partial charge in [-0.15, -0.1) is 0 Å². The number of anilines is 1. The lowest BCUT2D eigenvalue weighted by atomic mass is 10.2. The van der Waals surface area contributed by atoms with E-state index < -0.39 is 36.3 Å². The lowest BCUT2D eigenvalue weighted by Crippen LogP contribution is -2.43. The second-order valence-corrected chi connectivity index (χ2v) is 8.20. The van der Waals surface area contributed by atoms with E-state index in [1.807, 2.05) is 6.92 Å². The molecule has 10 nitrogen and oxygen atoms in total. The zero-order valence-electron chi connectivity index (χ0n) is 19.1. The van der Waals surface area contributed by atoms with Crippen LogP contribution in [-0.4, -0.2) is 42.9 Å². The van der Waals surface area contributed by atoms with Gasteiger partial charge in [-0.3, -0.25) is 30.0 Å². The smallest absolute Gasteiger partial charge is 0.338 e. The molecule has 186 valence electrons. The molecule has 0 aromatic heterocycles. The summed E-state index contributed by atoms with van der Waals surface area (Å²) in [6.07, 6.45) is 1.22. The van der Waals surface area contributed by atoms with Crippen molar-refractivity contribution < 1.29 is 33.4 Å². The van der Waals surface area contributed by atoms with Crippen LogP contribution in [0.2, 0.25) is 0 Å². The largest absolute Gasteiger partial charge is 0.462 e. The average Bonchev–Trinajstić information content (AvgIpc) is 2.85. The van der Waals surface area contributed by atoms with E-state index in [0.717, 1.165) is 17.3 Å². The number of hydrazine groups is 1. The molecule has 11 heteroatoms. The average molecular weight is 548 g/mol. The SMILES string of the molecule is CCCCOC(=O)c1cccc(NC(=O)CCC(=O)OCC(=O)NNC(=O)c2ccc(Br)cc2)c1. The number of hydrogen-bond donors (Lipinski definition) is 3. The first-order valence-corrected chi connectivity index (χ1v) is 11.6. The number of esters is 2. The minimum atomic E-state index is -0.761. The number of unbranched alkanes of at least 4 members (excludes halogenated alkanes) is 1. The van der Waals surface area contributed by atoms with Crippen LogP contribution < -0.4 is 16.2 Å². The van der Waals surface area contributed by atoms with Crippen LogP contribution in [0.15, 0.2) is 53.0 Å². The quantitative estimate of drug-likeness (QED) is 0.223. The third-order valence-corrected chi connectivity index (χ3v) is 4.98. The molecule has 2 aromatic rings. The Labute approximate surface area is 210 Å². The van der Waals surface area contributed by atoms with Gasteiger partial charge in [-0.25, -0.2) is 4.79 Å². The molecular weight excluding hydrogens is 522 g/mol. The molecule has 35 heavy (non-hydrogen) atoms. The summed E-state index contributed by atoms with van der Waals surface area (Å²) in [4.78, 5) is 59.6. The van der Waals surface area contributed by atoms with Crippen molar-refractivity contribution in [1.29, 1.82) is 0 Å². The molecule has 0 saturated heterocycles. The van der Waals surface area contributed by atoms with E-state index in [4.69, 9.17) is 9.47 Å². The van der Waals surface area contributed by atoms with Crippen molar-refractivity contribution in [2.75, 3.05) is 18.5 Å². The van der Waals surface area contributed by atoms with Crippen LogP contribution in [0, 0.1) is 0 Å². The highest BCUT2D eigenvalue weighted by atomic mass is 79.9. The summed E-state index contributed by atoms with van der Waals surface area (Å²) in [5.74, 6) is -2.99. The second-order valence-electron chi connectivity index (χ2n) is 7.29.